The lowest BCUT2D eigenvalue weighted by atomic mass is 10.2. The van der Waals surface area contributed by atoms with Crippen LogP contribution in [0.25, 0.3) is 0 Å². The highest BCUT2D eigenvalue weighted by atomic mass is 32.2. The highest BCUT2D eigenvalue weighted by molar-refractivity contribution is 7.99. The summed E-state index contributed by atoms with van der Waals surface area (Å²) in [6, 6.07) is 11.8. The summed E-state index contributed by atoms with van der Waals surface area (Å²) in [5.41, 5.74) is 5.59. The number of anilines is 3. The molecular weight excluding hydrogens is 437 g/mol. The second-order valence-electron chi connectivity index (χ2n) is 6.39. The van der Waals surface area contributed by atoms with Gasteiger partial charge in [0.25, 0.3) is 11.5 Å². The molecule has 2 amide bonds. The molecule has 9 nitrogen and oxygen atoms in total. The maximum Gasteiger partial charge on any atom is 0.277 e. The summed E-state index contributed by atoms with van der Waals surface area (Å²) in [5.74, 6) is -1.11. The summed E-state index contributed by atoms with van der Waals surface area (Å²) >= 11 is 0.931. The van der Waals surface area contributed by atoms with Crippen LogP contribution < -0.4 is 26.7 Å². The van der Waals surface area contributed by atoms with Crippen molar-refractivity contribution < 1.29 is 18.7 Å². The third kappa shape index (κ3) is 6.08. The fraction of sp³-hybridized carbons (Fsp3) is 0.143. The molecule has 0 bridgehead atoms. The van der Waals surface area contributed by atoms with Crippen molar-refractivity contribution in [2.24, 2.45) is 0 Å². The van der Waals surface area contributed by atoms with Gasteiger partial charge in [-0.05, 0) is 49.4 Å². The van der Waals surface area contributed by atoms with Crippen molar-refractivity contribution in [2.45, 2.75) is 12.1 Å². The lowest BCUT2D eigenvalue weighted by Crippen LogP contribution is -2.23. The van der Waals surface area contributed by atoms with Gasteiger partial charge in [0.2, 0.25) is 5.91 Å². The lowest BCUT2D eigenvalue weighted by Gasteiger charge is -2.09. The van der Waals surface area contributed by atoms with E-state index in [1.165, 1.54) is 18.2 Å². The lowest BCUT2D eigenvalue weighted by molar-refractivity contribution is -0.113. The van der Waals surface area contributed by atoms with Crippen LogP contribution in [-0.2, 0) is 4.79 Å². The van der Waals surface area contributed by atoms with Gasteiger partial charge in [0.1, 0.15) is 17.3 Å². The van der Waals surface area contributed by atoms with Crippen molar-refractivity contribution in [3.63, 3.8) is 0 Å². The summed E-state index contributed by atoms with van der Waals surface area (Å²) in [7, 11) is 0. The predicted octanol–water partition coefficient (Wildman–Crippen LogP) is 2.87. The van der Waals surface area contributed by atoms with Gasteiger partial charge < -0.3 is 21.1 Å². The van der Waals surface area contributed by atoms with E-state index in [2.05, 4.69) is 20.6 Å². The van der Waals surface area contributed by atoms with Crippen LogP contribution in [0.1, 0.15) is 17.3 Å². The Bertz CT molecular complexity index is 1180. The number of nitrogens with two attached hydrogens (primary N) is 1. The Morgan fingerprint density at radius 1 is 1.19 bits per heavy atom. The van der Waals surface area contributed by atoms with Crippen LogP contribution in [0.5, 0.6) is 5.75 Å². The fourth-order valence-electron chi connectivity index (χ4n) is 2.61. The molecule has 0 unspecified atom stereocenters. The zero-order valence-corrected chi connectivity index (χ0v) is 17.8. The van der Waals surface area contributed by atoms with E-state index in [9.17, 15) is 18.8 Å². The Morgan fingerprint density at radius 2 is 1.94 bits per heavy atom. The number of aromatic amines is 1. The van der Waals surface area contributed by atoms with E-state index in [1.54, 1.807) is 30.3 Å². The number of amides is 2. The minimum absolute atomic E-state index is 0.0981. The largest absolute Gasteiger partial charge is 0.494 e. The number of benzene rings is 2. The third-order valence-electron chi connectivity index (χ3n) is 4.04. The number of ether oxygens (including phenoxy) is 1. The molecule has 3 rings (SSSR count). The molecule has 0 aliphatic carbocycles. The van der Waals surface area contributed by atoms with E-state index >= 15 is 0 Å². The van der Waals surface area contributed by atoms with Crippen molar-refractivity contribution in [2.75, 3.05) is 28.7 Å². The monoisotopic (exact) mass is 457 g/mol. The molecule has 0 radical (unpaired) electrons. The summed E-state index contributed by atoms with van der Waals surface area (Å²) < 4.78 is 18.5. The van der Waals surface area contributed by atoms with Gasteiger partial charge in [0.05, 0.1) is 12.4 Å². The molecule has 0 aliphatic heterocycles. The molecule has 166 valence electrons. The molecule has 0 spiro atoms. The summed E-state index contributed by atoms with van der Waals surface area (Å²) in [4.78, 5) is 43.3. The van der Waals surface area contributed by atoms with Gasteiger partial charge >= 0.3 is 0 Å². The number of carbonyl (C=O) groups excluding carboxylic acids is 2. The minimum atomic E-state index is -0.662. The maximum absolute atomic E-state index is 13.2. The molecule has 0 aliphatic rings. The van der Waals surface area contributed by atoms with Crippen molar-refractivity contribution in [3.8, 4) is 5.75 Å². The smallest absolute Gasteiger partial charge is 0.277 e. The predicted molar refractivity (Wildman–Crippen MR) is 121 cm³/mol. The van der Waals surface area contributed by atoms with Crippen molar-refractivity contribution in [3.05, 3.63) is 70.3 Å². The molecular formula is C21H20FN5O4S. The minimum Gasteiger partial charge on any atom is -0.494 e. The van der Waals surface area contributed by atoms with Crippen molar-refractivity contribution in [1.29, 1.82) is 0 Å². The van der Waals surface area contributed by atoms with E-state index < -0.39 is 23.2 Å². The second-order valence-corrected chi connectivity index (χ2v) is 7.35. The van der Waals surface area contributed by atoms with Crippen LogP contribution in [-0.4, -0.2) is 34.1 Å². The Morgan fingerprint density at radius 3 is 2.59 bits per heavy atom. The van der Waals surface area contributed by atoms with Gasteiger partial charge in [-0.2, -0.15) is 0 Å². The van der Waals surface area contributed by atoms with E-state index in [1.807, 2.05) is 6.92 Å². The van der Waals surface area contributed by atoms with Crippen LogP contribution in [0, 0.1) is 5.82 Å². The number of halogens is 1. The van der Waals surface area contributed by atoms with Gasteiger partial charge in [-0.3, -0.25) is 19.4 Å². The Kier molecular flexibility index (Phi) is 7.45. The molecule has 32 heavy (non-hydrogen) atoms. The quantitative estimate of drug-likeness (QED) is 0.301. The first-order valence-electron chi connectivity index (χ1n) is 9.48. The number of carbonyl (C=O) groups is 2. The van der Waals surface area contributed by atoms with Crippen molar-refractivity contribution in [1.82, 2.24) is 9.97 Å². The van der Waals surface area contributed by atoms with E-state index in [4.69, 9.17) is 10.5 Å². The number of hydrogen-bond donors (Lipinski definition) is 4. The van der Waals surface area contributed by atoms with Gasteiger partial charge in [-0.1, -0.05) is 17.8 Å². The summed E-state index contributed by atoms with van der Waals surface area (Å²) in [6.07, 6.45) is 0. The number of rotatable bonds is 8. The second kappa shape index (κ2) is 10.4. The number of nitrogens with one attached hydrogen (secondary N) is 3. The fourth-order valence-corrected chi connectivity index (χ4v) is 3.28. The van der Waals surface area contributed by atoms with Crippen LogP contribution in [0.4, 0.5) is 21.6 Å². The average molecular weight is 457 g/mol. The molecule has 3 aromatic rings. The Hall–Kier alpha value is -3.86. The molecule has 1 heterocycles. The van der Waals surface area contributed by atoms with Gasteiger partial charge in [0.15, 0.2) is 11.0 Å². The molecule has 0 fully saturated rings. The Balaban J connectivity index is 1.62. The number of nitrogen functional groups attached to an aromatic ring is 1. The van der Waals surface area contributed by atoms with E-state index in [-0.39, 0.29) is 22.4 Å². The standard InChI is InChI=1S/C21H20FN5O4S/c1-2-31-15-8-6-12(7-9-15)19(29)25-17-18(23)26-21(27-20(17)30)32-11-16(28)24-14-5-3-4-13(22)10-14/h3-10H,2,11H2,1H3,(H,24,28)(H,25,29)(H3,23,26,27,30). The number of nitrogens with zero attached hydrogens (tertiary/aromatic N) is 1. The molecule has 11 heteroatoms. The van der Waals surface area contributed by atoms with Gasteiger partial charge in [-0.25, -0.2) is 9.37 Å². The number of H-pyrrole nitrogens is 1. The zero-order valence-electron chi connectivity index (χ0n) is 17.0. The van der Waals surface area contributed by atoms with Crippen LogP contribution in [0.3, 0.4) is 0 Å². The van der Waals surface area contributed by atoms with Crippen molar-refractivity contribution >= 4 is 40.8 Å². The number of aromatic nitrogens is 2. The summed E-state index contributed by atoms with van der Waals surface area (Å²) in [6.45, 7) is 2.35. The average Bonchev–Trinajstić information content (AvgIpc) is 2.75. The van der Waals surface area contributed by atoms with Crippen LogP contribution in [0.15, 0.2) is 58.5 Å². The summed E-state index contributed by atoms with van der Waals surface area (Å²) in [5, 5.41) is 5.07. The first-order chi connectivity index (χ1) is 15.4. The SMILES string of the molecule is CCOc1ccc(C(=O)Nc2c(N)nc(SCC(=O)Nc3cccc(F)c3)[nH]c2=O)cc1. The van der Waals surface area contributed by atoms with Crippen LogP contribution in [0.2, 0.25) is 0 Å². The number of hydrogen-bond acceptors (Lipinski definition) is 7. The number of thioether (sulfide) groups is 1. The van der Waals surface area contributed by atoms with E-state index in [0.29, 0.717) is 23.6 Å². The first-order valence-corrected chi connectivity index (χ1v) is 10.5. The maximum atomic E-state index is 13.2. The topological polar surface area (TPSA) is 139 Å². The van der Waals surface area contributed by atoms with Gasteiger partial charge in [-0.15, -0.1) is 0 Å². The first kappa shape index (κ1) is 22.8. The molecule has 1 aromatic heterocycles. The highest BCUT2D eigenvalue weighted by Gasteiger charge is 2.15. The highest BCUT2D eigenvalue weighted by Crippen LogP contribution is 2.19. The molecule has 5 N–H and O–H groups in total. The van der Waals surface area contributed by atoms with E-state index in [0.717, 1.165) is 11.8 Å². The molecule has 0 saturated carbocycles. The molecule has 0 saturated heterocycles. The van der Waals surface area contributed by atoms with Crippen LogP contribution >= 0.6 is 11.8 Å². The molecule has 0 atom stereocenters. The Labute approximate surface area is 186 Å². The third-order valence-corrected chi connectivity index (χ3v) is 4.91. The zero-order chi connectivity index (χ0) is 23.1. The van der Waals surface area contributed by atoms with Gasteiger partial charge in [0, 0.05) is 11.3 Å². The normalized spacial score (nSPS) is 10.4. The molecule has 2 aromatic carbocycles.